The smallest absolute Gasteiger partial charge is 0.282 e. The summed E-state index contributed by atoms with van der Waals surface area (Å²) in [7, 11) is 3.16. The minimum Gasteiger partial charge on any atom is -0.497 e. The van der Waals surface area contributed by atoms with Crippen molar-refractivity contribution in [2.75, 3.05) is 21.0 Å². The van der Waals surface area contributed by atoms with Gasteiger partial charge in [0.2, 0.25) is 11.6 Å². The molecule has 0 unspecified atom stereocenters. The molecule has 0 atom stereocenters. The van der Waals surface area contributed by atoms with Crippen molar-refractivity contribution < 1.29 is 23.9 Å². The number of nitrogens with zero attached hydrogens (tertiary/aromatic N) is 4. The summed E-state index contributed by atoms with van der Waals surface area (Å²) in [5.41, 5.74) is 2.24. The van der Waals surface area contributed by atoms with Crippen LogP contribution in [0.4, 0.5) is 11.4 Å². The van der Waals surface area contributed by atoms with E-state index in [0.29, 0.717) is 33.5 Å². The highest BCUT2D eigenvalue weighted by Crippen LogP contribution is 2.38. The Balaban J connectivity index is 1.69. The summed E-state index contributed by atoms with van der Waals surface area (Å²) in [6.07, 6.45) is 1.41. The van der Waals surface area contributed by atoms with Gasteiger partial charge < -0.3 is 18.9 Å². The van der Waals surface area contributed by atoms with E-state index in [2.05, 4.69) is 5.10 Å². The summed E-state index contributed by atoms with van der Waals surface area (Å²) < 4.78 is 23.3. The van der Waals surface area contributed by atoms with Gasteiger partial charge in [-0.2, -0.15) is 5.10 Å². The number of hydrogen-bond donors (Lipinski definition) is 0. The molecule has 0 amide bonds. The maximum Gasteiger partial charge on any atom is 0.282 e. The van der Waals surface area contributed by atoms with E-state index in [-0.39, 0.29) is 18.0 Å². The molecule has 5 rings (SSSR count). The lowest BCUT2D eigenvalue weighted by Gasteiger charge is -2.11. The number of thiazole rings is 1. The Morgan fingerprint density at radius 3 is 2.56 bits per heavy atom. The SMILES string of the molecule is COc1ccc(OC)c(-c2csc(=Nc3ccccc3)n2N=Cc2cc3c(cc2[N+](=O)[O-])OCO3)c1. The van der Waals surface area contributed by atoms with Gasteiger partial charge in [-0.1, -0.05) is 18.2 Å². The molecule has 36 heavy (non-hydrogen) atoms. The van der Waals surface area contributed by atoms with Crippen LogP contribution in [0.2, 0.25) is 0 Å². The van der Waals surface area contributed by atoms with E-state index >= 15 is 0 Å². The molecule has 182 valence electrons. The zero-order chi connectivity index (χ0) is 25.1. The summed E-state index contributed by atoms with van der Waals surface area (Å²) in [5, 5.41) is 18.2. The number of methoxy groups -OCH3 is 2. The number of rotatable bonds is 7. The van der Waals surface area contributed by atoms with Crippen molar-refractivity contribution in [3.63, 3.8) is 0 Å². The highest BCUT2D eigenvalue weighted by atomic mass is 32.1. The van der Waals surface area contributed by atoms with Crippen molar-refractivity contribution in [2.24, 2.45) is 10.1 Å². The second-order valence-corrected chi connectivity index (χ2v) is 8.33. The molecule has 0 radical (unpaired) electrons. The second kappa shape index (κ2) is 9.92. The Morgan fingerprint density at radius 2 is 1.83 bits per heavy atom. The molecule has 4 aromatic rings. The summed E-state index contributed by atoms with van der Waals surface area (Å²) in [4.78, 5) is 16.5. The molecule has 0 fully saturated rings. The van der Waals surface area contributed by atoms with E-state index in [9.17, 15) is 10.1 Å². The predicted octanol–water partition coefficient (Wildman–Crippen LogP) is 4.99. The highest BCUT2D eigenvalue weighted by molar-refractivity contribution is 7.07. The van der Waals surface area contributed by atoms with Crippen LogP contribution in [-0.2, 0) is 0 Å². The second-order valence-electron chi connectivity index (χ2n) is 7.49. The van der Waals surface area contributed by atoms with Crippen LogP contribution in [0, 0.1) is 10.1 Å². The molecule has 0 bridgehead atoms. The Hall–Kier alpha value is -4.64. The van der Waals surface area contributed by atoms with E-state index in [1.54, 1.807) is 31.0 Å². The van der Waals surface area contributed by atoms with Crippen LogP contribution in [0.15, 0.2) is 76.1 Å². The van der Waals surface area contributed by atoms with Crippen LogP contribution in [0.1, 0.15) is 5.56 Å². The standard InChI is InChI=1S/C25H20N4O6S/c1-32-18-8-9-22(33-2)19(11-18)21-14-36-25(27-17-6-4-3-5-7-17)28(21)26-13-16-10-23-24(35-15-34-23)12-20(16)29(30)31/h3-14H,15H2,1-2H3. The number of benzene rings is 3. The Kier molecular flexibility index (Phi) is 6.37. The molecule has 1 aliphatic rings. The number of aromatic nitrogens is 1. The first kappa shape index (κ1) is 23.1. The van der Waals surface area contributed by atoms with Gasteiger partial charge >= 0.3 is 0 Å². The van der Waals surface area contributed by atoms with E-state index in [1.807, 2.05) is 41.8 Å². The molecule has 0 spiro atoms. The van der Waals surface area contributed by atoms with Gasteiger partial charge in [0.05, 0.1) is 48.4 Å². The Labute approximate surface area is 209 Å². The molecular formula is C25H20N4O6S. The van der Waals surface area contributed by atoms with Crippen molar-refractivity contribution >= 4 is 28.9 Å². The predicted molar refractivity (Wildman–Crippen MR) is 135 cm³/mol. The fourth-order valence-electron chi connectivity index (χ4n) is 3.63. The molecule has 0 saturated carbocycles. The molecule has 0 saturated heterocycles. The van der Waals surface area contributed by atoms with E-state index in [4.69, 9.17) is 23.9 Å². The first-order valence-corrected chi connectivity index (χ1v) is 11.6. The minimum atomic E-state index is -0.483. The number of para-hydroxylation sites is 1. The molecular weight excluding hydrogens is 484 g/mol. The van der Waals surface area contributed by atoms with Crippen LogP contribution in [0.5, 0.6) is 23.0 Å². The topological polar surface area (TPSA) is 110 Å². The van der Waals surface area contributed by atoms with Crippen molar-refractivity contribution in [1.29, 1.82) is 0 Å². The minimum absolute atomic E-state index is 0.00620. The normalized spacial score (nSPS) is 12.8. The monoisotopic (exact) mass is 504 g/mol. The van der Waals surface area contributed by atoms with Crippen molar-refractivity contribution in [3.05, 3.63) is 86.5 Å². The van der Waals surface area contributed by atoms with Crippen LogP contribution >= 0.6 is 11.3 Å². The van der Waals surface area contributed by atoms with Gasteiger partial charge in [0, 0.05) is 10.9 Å². The lowest BCUT2D eigenvalue weighted by Crippen LogP contribution is -2.12. The lowest BCUT2D eigenvalue weighted by molar-refractivity contribution is -0.385. The number of nitro benzene ring substituents is 1. The van der Waals surface area contributed by atoms with Crippen molar-refractivity contribution in [3.8, 4) is 34.3 Å². The summed E-state index contributed by atoms with van der Waals surface area (Å²) in [6, 6.07) is 17.8. The first-order valence-electron chi connectivity index (χ1n) is 10.7. The third kappa shape index (κ3) is 4.51. The number of ether oxygens (including phenoxy) is 4. The number of fused-ring (bicyclic) bond motifs is 1. The maximum atomic E-state index is 11.7. The van der Waals surface area contributed by atoms with Gasteiger partial charge in [-0.05, 0) is 36.4 Å². The summed E-state index contributed by atoms with van der Waals surface area (Å²) >= 11 is 1.37. The maximum absolute atomic E-state index is 11.7. The van der Waals surface area contributed by atoms with Crippen LogP contribution in [0.3, 0.4) is 0 Å². The molecule has 0 N–H and O–H groups in total. The van der Waals surface area contributed by atoms with Crippen molar-refractivity contribution in [2.45, 2.75) is 0 Å². The quantitative estimate of drug-likeness (QED) is 0.199. The van der Waals surface area contributed by atoms with Gasteiger partial charge in [-0.15, -0.1) is 11.3 Å². The van der Waals surface area contributed by atoms with Gasteiger partial charge in [0.1, 0.15) is 11.5 Å². The summed E-state index contributed by atoms with van der Waals surface area (Å²) in [6.45, 7) is 0.00620. The molecule has 10 nitrogen and oxygen atoms in total. The van der Waals surface area contributed by atoms with E-state index in [1.165, 1.54) is 29.7 Å². The molecule has 2 heterocycles. The third-order valence-electron chi connectivity index (χ3n) is 5.38. The van der Waals surface area contributed by atoms with Gasteiger partial charge in [0.15, 0.2) is 11.5 Å². The first-order chi connectivity index (χ1) is 17.6. The molecule has 11 heteroatoms. The van der Waals surface area contributed by atoms with Gasteiger partial charge in [-0.25, -0.2) is 9.67 Å². The van der Waals surface area contributed by atoms with Crippen LogP contribution < -0.4 is 23.7 Å². The molecule has 0 aliphatic carbocycles. The summed E-state index contributed by atoms with van der Waals surface area (Å²) in [5.74, 6) is 1.99. The zero-order valence-corrected chi connectivity index (χ0v) is 20.1. The molecule has 1 aromatic heterocycles. The molecule has 1 aliphatic heterocycles. The van der Waals surface area contributed by atoms with Crippen LogP contribution in [0.25, 0.3) is 11.3 Å². The Morgan fingerprint density at radius 1 is 1.06 bits per heavy atom. The van der Waals surface area contributed by atoms with Gasteiger partial charge in [0.25, 0.3) is 5.69 Å². The largest absolute Gasteiger partial charge is 0.497 e. The van der Waals surface area contributed by atoms with E-state index in [0.717, 1.165) is 11.3 Å². The van der Waals surface area contributed by atoms with Crippen LogP contribution in [-0.4, -0.2) is 36.8 Å². The van der Waals surface area contributed by atoms with Gasteiger partial charge in [-0.3, -0.25) is 10.1 Å². The zero-order valence-electron chi connectivity index (χ0n) is 19.3. The van der Waals surface area contributed by atoms with E-state index < -0.39 is 4.92 Å². The average molecular weight is 505 g/mol. The number of nitro groups is 1. The lowest BCUT2D eigenvalue weighted by atomic mass is 10.1. The number of hydrogen-bond acceptors (Lipinski definition) is 9. The third-order valence-corrected chi connectivity index (χ3v) is 6.20. The highest BCUT2D eigenvalue weighted by Gasteiger charge is 2.23. The fourth-order valence-corrected chi connectivity index (χ4v) is 4.48. The molecule has 3 aromatic carbocycles. The Bertz CT molecular complexity index is 1530. The van der Waals surface area contributed by atoms with Crippen molar-refractivity contribution in [1.82, 2.24) is 4.68 Å². The fraction of sp³-hybridized carbons (Fsp3) is 0.120. The average Bonchev–Trinajstić information content (AvgIpc) is 3.53.